The van der Waals surface area contributed by atoms with Crippen molar-refractivity contribution in [3.63, 3.8) is 0 Å². The van der Waals surface area contributed by atoms with Gasteiger partial charge in [0, 0.05) is 35.4 Å². The van der Waals surface area contributed by atoms with Gasteiger partial charge in [0.1, 0.15) is 16.2 Å². The van der Waals surface area contributed by atoms with E-state index in [1.54, 1.807) is 14.2 Å². The van der Waals surface area contributed by atoms with Crippen LogP contribution in [0.1, 0.15) is 40.0 Å². The quantitative estimate of drug-likeness (QED) is 0.175. The zero-order valence-corrected chi connectivity index (χ0v) is 28.9. The lowest BCUT2D eigenvalue weighted by atomic mass is 10.2. The van der Waals surface area contributed by atoms with Gasteiger partial charge >= 0.3 is 1.43 Å². The topological polar surface area (TPSA) is 143 Å². The highest BCUT2D eigenvalue weighted by molar-refractivity contribution is 8.04. The van der Waals surface area contributed by atoms with Crippen molar-refractivity contribution in [2.45, 2.75) is 45.1 Å². The number of fused-ring (bicyclic) bond motifs is 2. The van der Waals surface area contributed by atoms with Crippen molar-refractivity contribution >= 4 is 65.3 Å². The van der Waals surface area contributed by atoms with Crippen LogP contribution >= 0.6 is 23.1 Å². The van der Waals surface area contributed by atoms with Gasteiger partial charge in [0.25, 0.3) is 5.01 Å². The Morgan fingerprint density at radius 2 is 1.50 bits per heavy atom. The van der Waals surface area contributed by atoms with Gasteiger partial charge in [0.2, 0.25) is 5.52 Å². The summed E-state index contributed by atoms with van der Waals surface area (Å²) in [5, 5.41) is 1.63. The maximum Gasteiger partial charge on any atom is 1.00 e. The Kier molecular flexibility index (Phi) is 13.3. The number of thioether (sulfide) groups is 1. The van der Waals surface area contributed by atoms with Crippen molar-refractivity contribution in [2.24, 2.45) is 0 Å². The predicted octanol–water partition coefficient (Wildman–Crippen LogP) is 4.45. The number of methoxy groups -OCH3 is 2. The molecule has 0 saturated heterocycles. The highest BCUT2D eigenvalue weighted by atomic mass is 32.2. The lowest BCUT2D eigenvalue weighted by Gasteiger charge is -2.21. The Balaban J connectivity index is 0.000000791. The number of nitrogens with zero attached hydrogens (tertiary/aromatic N) is 3. The summed E-state index contributed by atoms with van der Waals surface area (Å²) in [5.74, 6) is 0.329. The fourth-order valence-electron chi connectivity index (χ4n) is 4.67. The normalized spacial score (nSPS) is 14.2. The minimum Gasteiger partial charge on any atom is -0.748 e. The van der Waals surface area contributed by atoms with Gasteiger partial charge in [0.15, 0.2) is 6.54 Å². The highest BCUT2D eigenvalue weighted by Gasteiger charge is 2.28. The summed E-state index contributed by atoms with van der Waals surface area (Å²) in [5.41, 5.74) is 1.68. The van der Waals surface area contributed by atoms with Crippen LogP contribution in [0.2, 0.25) is 0 Å². The Labute approximate surface area is 270 Å². The van der Waals surface area contributed by atoms with Gasteiger partial charge in [-0.15, -0.1) is 0 Å². The van der Waals surface area contributed by atoms with E-state index >= 15 is 0 Å². The predicted molar refractivity (Wildman–Crippen MR) is 176 cm³/mol. The third-order valence-electron chi connectivity index (χ3n) is 7.02. The summed E-state index contributed by atoms with van der Waals surface area (Å²) in [6.45, 7) is 10.7. The van der Waals surface area contributed by atoms with Gasteiger partial charge in [-0.05, 0) is 50.3 Å². The zero-order valence-electron chi connectivity index (χ0n) is 26.6. The molecule has 0 radical (unpaired) electrons. The summed E-state index contributed by atoms with van der Waals surface area (Å²) in [6.07, 6.45) is 2.24. The van der Waals surface area contributed by atoms with E-state index in [1.165, 1.54) is 42.7 Å². The first-order chi connectivity index (χ1) is 20.8. The van der Waals surface area contributed by atoms with Crippen LogP contribution in [0, 0.1) is 0 Å². The van der Waals surface area contributed by atoms with Crippen LogP contribution in [0.15, 0.2) is 46.3 Å². The van der Waals surface area contributed by atoms with Gasteiger partial charge in [-0.3, -0.25) is 0 Å². The molecule has 1 aliphatic rings. The third kappa shape index (κ3) is 10.3. The molecule has 0 fully saturated rings. The molecule has 0 aliphatic carbocycles. The maximum absolute atomic E-state index is 11.2. The Bertz CT molecular complexity index is 1650. The second kappa shape index (κ2) is 16.2. The monoisotopic (exact) mass is 687 g/mol. The molecule has 0 saturated carbocycles. The molecule has 15 heteroatoms. The van der Waals surface area contributed by atoms with E-state index in [9.17, 15) is 25.9 Å². The molecular formula is C29H41N3O8S4. The van der Waals surface area contributed by atoms with E-state index in [-0.39, 0.29) is 14.3 Å². The molecule has 2 heterocycles. The minimum atomic E-state index is -4.35. The summed E-state index contributed by atoms with van der Waals surface area (Å²) >= 11 is 2.99. The van der Waals surface area contributed by atoms with Crippen LogP contribution in [0.4, 0.5) is 5.69 Å². The third-order valence-corrected chi connectivity index (χ3v) is 10.8. The lowest BCUT2D eigenvalue weighted by molar-refractivity contribution is -0.668. The number of ether oxygens (including phenoxy) is 2. The van der Waals surface area contributed by atoms with Gasteiger partial charge in [-0.2, -0.15) is 4.57 Å². The Hall–Kier alpha value is -2.40. The van der Waals surface area contributed by atoms with Crippen LogP contribution in [0.5, 0.6) is 11.5 Å². The van der Waals surface area contributed by atoms with Crippen molar-refractivity contribution in [2.75, 3.05) is 56.8 Å². The van der Waals surface area contributed by atoms with Crippen molar-refractivity contribution in [1.29, 1.82) is 0 Å². The Morgan fingerprint density at radius 3 is 2.07 bits per heavy atom. The average molecular weight is 688 g/mol. The number of rotatable bonds is 14. The first kappa shape index (κ1) is 36.1. The minimum absolute atomic E-state index is 0. The molecule has 11 nitrogen and oxygen atoms in total. The maximum atomic E-state index is 11.2. The molecule has 4 rings (SSSR count). The van der Waals surface area contributed by atoms with Crippen LogP contribution in [-0.2, 0) is 26.8 Å². The van der Waals surface area contributed by atoms with E-state index in [0.29, 0.717) is 24.6 Å². The number of hydrogen-bond donors (Lipinski definition) is 0. The number of hydrogen-bond acceptors (Lipinski definition) is 12. The molecule has 0 amide bonds. The van der Waals surface area contributed by atoms with Gasteiger partial charge < -0.3 is 28.4 Å². The molecule has 1 aliphatic heterocycles. The number of thiazole rings is 1. The molecule has 0 N–H and O–H groups in total. The summed E-state index contributed by atoms with van der Waals surface area (Å²) in [4.78, 5) is 5.27. The zero-order chi connectivity index (χ0) is 32.5. The van der Waals surface area contributed by atoms with E-state index in [0.717, 1.165) is 30.8 Å². The number of aromatic nitrogens is 1. The van der Waals surface area contributed by atoms with Crippen molar-refractivity contribution < 1.29 is 41.4 Å². The molecule has 0 bridgehead atoms. The molecule has 0 atom stereocenters. The molecular weight excluding hydrogens is 647 g/mol. The smallest absolute Gasteiger partial charge is 0.748 e. The SMILES string of the molecule is CCN(CC)CC.COc1ccc2c(c1)N(CCCS(=O)(=O)[O-])C(=Cc1sc3ccc(OC)cc3[n+]1CCCS(=O)(=O)[O-])S2.[H+]. The molecule has 3 aromatic rings. The van der Waals surface area contributed by atoms with Gasteiger partial charge in [-0.1, -0.05) is 43.9 Å². The van der Waals surface area contributed by atoms with E-state index in [4.69, 9.17) is 9.47 Å². The molecule has 1 aromatic heterocycles. The molecule has 2 aromatic carbocycles. The molecule has 44 heavy (non-hydrogen) atoms. The van der Waals surface area contributed by atoms with Gasteiger partial charge in [0.05, 0.1) is 57.3 Å². The van der Waals surface area contributed by atoms with E-state index in [1.807, 2.05) is 51.9 Å². The standard InChI is InChI=1S/C23H26N2O8S4.C6H15N/c1-32-16-5-7-20-18(13-16)24(9-3-11-36(26,27)28)22(34-20)15-23-25(10-4-12-37(29,30)31)19-14-17(33-2)6-8-21(19)35-23;1-4-7(5-2)6-3/h5-8,13-15H,3-4,9-12H2,1-2H3,(H-,26,27,28,29,30,31);4-6H2,1-3H3. The van der Waals surface area contributed by atoms with Crippen LogP contribution in [0.25, 0.3) is 16.3 Å². The highest BCUT2D eigenvalue weighted by Crippen LogP contribution is 2.48. The molecule has 0 spiro atoms. The molecule has 0 unspecified atom stereocenters. The summed E-state index contributed by atoms with van der Waals surface area (Å²) in [7, 11) is -5.58. The second-order valence-corrected chi connectivity index (χ2v) is 15.0. The van der Waals surface area contributed by atoms with Crippen molar-refractivity contribution in [1.82, 2.24) is 4.90 Å². The van der Waals surface area contributed by atoms with Crippen LogP contribution in [-0.4, -0.2) is 82.7 Å². The number of anilines is 1. The van der Waals surface area contributed by atoms with Crippen LogP contribution < -0.4 is 18.9 Å². The summed E-state index contributed by atoms with van der Waals surface area (Å²) < 4.78 is 80.8. The number of aryl methyl sites for hydroxylation is 1. The van der Waals surface area contributed by atoms with E-state index < -0.39 is 31.7 Å². The lowest BCUT2D eigenvalue weighted by Crippen LogP contribution is -2.36. The van der Waals surface area contributed by atoms with Crippen LogP contribution in [0.3, 0.4) is 0 Å². The Morgan fingerprint density at radius 1 is 0.909 bits per heavy atom. The van der Waals surface area contributed by atoms with Crippen molar-refractivity contribution in [3.8, 4) is 11.5 Å². The van der Waals surface area contributed by atoms with Gasteiger partial charge in [-0.25, -0.2) is 16.8 Å². The first-order valence-corrected chi connectivity index (χ1v) is 19.1. The molecule has 244 valence electrons. The number of benzene rings is 2. The fourth-order valence-corrected chi connectivity index (χ4v) is 7.92. The largest absolute Gasteiger partial charge is 1.00 e. The average Bonchev–Trinajstić information content (AvgIpc) is 3.49. The first-order valence-electron chi connectivity index (χ1n) is 14.3. The van der Waals surface area contributed by atoms with Crippen molar-refractivity contribution in [3.05, 3.63) is 46.4 Å². The second-order valence-electron chi connectivity index (χ2n) is 9.85. The summed E-state index contributed by atoms with van der Waals surface area (Å²) in [6, 6.07) is 11.2. The fraction of sp³-hybridized carbons (Fsp3) is 0.483. The van der Waals surface area contributed by atoms with E-state index in [2.05, 4.69) is 25.7 Å².